The monoisotopic (exact) mass is 362 g/mol. The highest BCUT2D eigenvalue weighted by Crippen LogP contribution is 2.42. The number of amides is 1. The second-order valence-electron chi connectivity index (χ2n) is 8.26. The molecule has 1 saturated heterocycles. The molecule has 25 heavy (non-hydrogen) atoms. The van der Waals surface area contributed by atoms with Gasteiger partial charge in [-0.2, -0.15) is 0 Å². The standard InChI is InChI=1S/C21H30N2O.ClH/c1-17(24)23-15-19-8-4-5-9-20(19)21(16-23)10-12-22(13-11-21)14-18-6-2-3-7-18;/h4-5,8-9,18H,2-3,6-7,10-16H2,1H3;1H. The molecule has 4 rings (SSSR count). The number of halogens is 1. The van der Waals surface area contributed by atoms with Gasteiger partial charge in [0.1, 0.15) is 0 Å². The van der Waals surface area contributed by atoms with E-state index < -0.39 is 0 Å². The Morgan fingerprint density at radius 2 is 1.84 bits per heavy atom. The molecule has 1 spiro atoms. The minimum absolute atomic E-state index is 0. The molecule has 138 valence electrons. The number of hydrogen-bond acceptors (Lipinski definition) is 2. The molecule has 0 bridgehead atoms. The van der Waals surface area contributed by atoms with Gasteiger partial charge < -0.3 is 9.80 Å². The molecule has 0 unspecified atom stereocenters. The van der Waals surface area contributed by atoms with Crippen LogP contribution in [0, 0.1) is 5.92 Å². The number of benzene rings is 1. The maximum atomic E-state index is 12.0. The van der Waals surface area contributed by atoms with Crippen molar-refractivity contribution in [1.29, 1.82) is 0 Å². The lowest BCUT2D eigenvalue weighted by molar-refractivity contribution is -0.131. The highest BCUT2D eigenvalue weighted by molar-refractivity contribution is 5.85. The Bertz CT molecular complexity index is 604. The second kappa shape index (κ2) is 7.67. The summed E-state index contributed by atoms with van der Waals surface area (Å²) in [6.45, 7) is 7.10. The number of fused-ring (bicyclic) bond motifs is 2. The summed E-state index contributed by atoms with van der Waals surface area (Å²) in [6.07, 6.45) is 8.12. The van der Waals surface area contributed by atoms with Gasteiger partial charge in [0.2, 0.25) is 5.91 Å². The average molecular weight is 363 g/mol. The van der Waals surface area contributed by atoms with Gasteiger partial charge in [-0.05, 0) is 55.8 Å². The van der Waals surface area contributed by atoms with Gasteiger partial charge in [0.05, 0.1) is 0 Å². The first kappa shape index (κ1) is 18.7. The minimum atomic E-state index is 0. The van der Waals surface area contributed by atoms with Gasteiger partial charge in [-0.25, -0.2) is 0 Å². The van der Waals surface area contributed by atoms with E-state index in [0.717, 1.165) is 19.0 Å². The molecule has 1 amide bonds. The molecule has 2 heterocycles. The normalized spacial score (nSPS) is 23.3. The summed E-state index contributed by atoms with van der Waals surface area (Å²) in [5.74, 6) is 1.16. The molecule has 2 aliphatic heterocycles. The average Bonchev–Trinajstić information content (AvgIpc) is 3.10. The molecule has 2 fully saturated rings. The summed E-state index contributed by atoms with van der Waals surface area (Å²) < 4.78 is 0. The fraction of sp³-hybridized carbons (Fsp3) is 0.667. The van der Waals surface area contributed by atoms with Crippen LogP contribution in [0.2, 0.25) is 0 Å². The van der Waals surface area contributed by atoms with Crippen LogP contribution >= 0.6 is 12.4 Å². The van der Waals surface area contributed by atoms with Crippen LogP contribution in [0.5, 0.6) is 0 Å². The molecule has 1 aromatic carbocycles. The lowest BCUT2D eigenvalue weighted by Gasteiger charge is -2.49. The lowest BCUT2D eigenvalue weighted by atomic mass is 9.68. The zero-order valence-corrected chi connectivity index (χ0v) is 16.2. The quantitative estimate of drug-likeness (QED) is 0.794. The first-order valence-electron chi connectivity index (χ1n) is 9.73. The van der Waals surface area contributed by atoms with Gasteiger partial charge in [-0.1, -0.05) is 37.1 Å². The highest BCUT2D eigenvalue weighted by Gasteiger charge is 2.42. The van der Waals surface area contributed by atoms with E-state index in [-0.39, 0.29) is 23.7 Å². The summed E-state index contributed by atoms with van der Waals surface area (Å²) in [4.78, 5) is 16.8. The van der Waals surface area contributed by atoms with Crippen molar-refractivity contribution in [3.63, 3.8) is 0 Å². The van der Waals surface area contributed by atoms with Crippen molar-refractivity contribution >= 4 is 18.3 Å². The van der Waals surface area contributed by atoms with E-state index in [2.05, 4.69) is 34.1 Å². The number of piperidine rings is 1. The Morgan fingerprint density at radius 1 is 1.16 bits per heavy atom. The zero-order valence-electron chi connectivity index (χ0n) is 15.4. The molecule has 0 radical (unpaired) electrons. The van der Waals surface area contributed by atoms with Crippen LogP contribution in [0.15, 0.2) is 24.3 Å². The third-order valence-corrected chi connectivity index (χ3v) is 6.69. The molecule has 3 aliphatic rings. The summed E-state index contributed by atoms with van der Waals surface area (Å²) in [5.41, 5.74) is 3.07. The van der Waals surface area contributed by atoms with Gasteiger partial charge in [-0.15, -0.1) is 12.4 Å². The van der Waals surface area contributed by atoms with Crippen molar-refractivity contribution in [2.24, 2.45) is 5.92 Å². The summed E-state index contributed by atoms with van der Waals surface area (Å²) in [6, 6.07) is 8.83. The number of likely N-dealkylation sites (tertiary alicyclic amines) is 1. The van der Waals surface area contributed by atoms with Crippen molar-refractivity contribution in [3.05, 3.63) is 35.4 Å². The highest BCUT2D eigenvalue weighted by atomic mass is 35.5. The van der Waals surface area contributed by atoms with Crippen LogP contribution in [0.1, 0.15) is 56.6 Å². The van der Waals surface area contributed by atoms with Gasteiger partial charge in [0.25, 0.3) is 0 Å². The predicted octanol–water partition coefficient (Wildman–Crippen LogP) is 3.99. The van der Waals surface area contributed by atoms with Crippen molar-refractivity contribution in [1.82, 2.24) is 9.80 Å². The second-order valence-corrected chi connectivity index (χ2v) is 8.26. The topological polar surface area (TPSA) is 23.6 Å². The molecular formula is C21H31ClN2O. The number of nitrogens with zero attached hydrogens (tertiary/aromatic N) is 2. The fourth-order valence-electron chi connectivity index (χ4n) is 5.26. The molecule has 1 saturated carbocycles. The third kappa shape index (κ3) is 3.73. The van der Waals surface area contributed by atoms with Crippen LogP contribution in [0.4, 0.5) is 0 Å². The van der Waals surface area contributed by atoms with E-state index >= 15 is 0 Å². The smallest absolute Gasteiger partial charge is 0.219 e. The molecule has 4 heteroatoms. The van der Waals surface area contributed by atoms with E-state index in [1.165, 1.54) is 69.3 Å². The molecule has 1 aliphatic carbocycles. The fourth-order valence-corrected chi connectivity index (χ4v) is 5.26. The van der Waals surface area contributed by atoms with Crippen molar-refractivity contribution in [2.45, 2.75) is 57.4 Å². The van der Waals surface area contributed by atoms with Crippen molar-refractivity contribution in [3.8, 4) is 0 Å². The predicted molar refractivity (Wildman–Crippen MR) is 104 cm³/mol. The minimum Gasteiger partial charge on any atom is -0.338 e. The summed E-state index contributed by atoms with van der Waals surface area (Å²) >= 11 is 0. The molecule has 1 aromatic rings. The number of hydrogen-bond donors (Lipinski definition) is 0. The zero-order chi connectivity index (χ0) is 16.6. The molecular weight excluding hydrogens is 332 g/mol. The van der Waals surface area contributed by atoms with Gasteiger partial charge in [0, 0.05) is 32.0 Å². The largest absolute Gasteiger partial charge is 0.338 e. The molecule has 3 nitrogen and oxygen atoms in total. The lowest BCUT2D eigenvalue weighted by Crippen LogP contribution is -2.53. The Balaban J connectivity index is 0.00000182. The van der Waals surface area contributed by atoms with Crippen LogP contribution in [-0.2, 0) is 16.8 Å². The van der Waals surface area contributed by atoms with Gasteiger partial charge in [0.15, 0.2) is 0 Å². The van der Waals surface area contributed by atoms with Crippen LogP contribution in [-0.4, -0.2) is 41.9 Å². The summed E-state index contributed by atoms with van der Waals surface area (Å²) in [7, 11) is 0. The van der Waals surface area contributed by atoms with E-state index in [0.29, 0.717) is 0 Å². The number of carbonyl (C=O) groups is 1. The Kier molecular flexibility index (Phi) is 5.75. The van der Waals surface area contributed by atoms with Crippen LogP contribution in [0.25, 0.3) is 0 Å². The molecule has 0 atom stereocenters. The van der Waals surface area contributed by atoms with E-state index in [1.54, 1.807) is 6.92 Å². The first-order chi connectivity index (χ1) is 11.7. The Morgan fingerprint density at radius 3 is 2.52 bits per heavy atom. The molecule has 0 aromatic heterocycles. The van der Waals surface area contributed by atoms with Crippen LogP contribution < -0.4 is 0 Å². The maximum absolute atomic E-state index is 12.0. The van der Waals surface area contributed by atoms with Crippen LogP contribution in [0.3, 0.4) is 0 Å². The van der Waals surface area contributed by atoms with E-state index in [1.807, 2.05) is 0 Å². The van der Waals surface area contributed by atoms with Gasteiger partial charge in [-0.3, -0.25) is 4.79 Å². The van der Waals surface area contributed by atoms with E-state index in [9.17, 15) is 4.79 Å². The van der Waals surface area contributed by atoms with E-state index in [4.69, 9.17) is 0 Å². The molecule has 0 N–H and O–H groups in total. The number of rotatable bonds is 2. The number of carbonyl (C=O) groups excluding carboxylic acids is 1. The van der Waals surface area contributed by atoms with Crippen molar-refractivity contribution < 1.29 is 4.79 Å². The van der Waals surface area contributed by atoms with Crippen molar-refractivity contribution in [2.75, 3.05) is 26.2 Å². The maximum Gasteiger partial charge on any atom is 0.219 e. The first-order valence-corrected chi connectivity index (χ1v) is 9.73. The third-order valence-electron chi connectivity index (χ3n) is 6.69. The SMILES string of the molecule is CC(=O)N1Cc2ccccc2C2(CCN(CC3CCCC3)CC2)C1.Cl. The van der Waals surface area contributed by atoms with Gasteiger partial charge >= 0.3 is 0 Å². The summed E-state index contributed by atoms with van der Waals surface area (Å²) in [5, 5.41) is 0. The Labute approximate surface area is 158 Å². The Hall–Kier alpha value is -1.06.